The van der Waals surface area contributed by atoms with Crippen LogP contribution in [0.3, 0.4) is 0 Å². The molecule has 0 aliphatic rings. The number of aliphatic hydroxyl groups is 2. The van der Waals surface area contributed by atoms with E-state index in [1.54, 1.807) is 0 Å². The third kappa shape index (κ3) is 61.4. The lowest BCUT2D eigenvalue weighted by atomic mass is 10.0. The van der Waals surface area contributed by atoms with Crippen LogP contribution in [0.1, 0.15) is 380 Å². The summed E-state index contributed by atoms with van der Waals surface area (Å²) in [5.74, 6) is -0.0267. The maximum atomic E-state index is 12.5. The summed E-state index contributed by atoms with van der Waals surface area (Å²) in [6.07, 6.45) is 80.7. The Hall–Kier alpha value is -1.66. The lowest BCUT2D eigenvalue weighted by molar-refractivity contribution is -0.143. The number of allylic oxidation sites excluding steroid dienone is 4. The highest BCUT2D eigenvalue weighted by atomic mass is 16.5. The van der Waals surface area contributed by atoms with Crippen LogP contribution >= 0.6 is 0 Å². The molecule has 0 aromatic heterocycles. The molecule has 0 rings (SSSR count). The summed E-state index contributed by atoms with van der Waals surface area (Å²) >= 11 is 0. The van der Waals surface area contributed by atoms with Crippen molar-refractivity contribution < 1.29 is 24.5 Å². The van der Waals surface area contributed by atoms with E-state index in [9.17, 15) is 19.8 Å². The Morgan fingerprint density at radius 3 is 0.947 bits per heavy atom. The fourth-order valence-electron chi connectivity index (χ4n) is 10.7. The summed E-state index contributed by atoms with van der Waals surface area (Å²) < 4.78 is 5.49. The fourth-order valence-corrected chi connectivity index (χ4v) is 10.7. The molecule has 444 valence electrons. The van der Waals surface area contributed by atoms with Gasteiger partial charge >= 0.3 is 5.97 Å². The quantitative estimate of drug-likeness (QED) is 0.0320. The molecule has 3 N–H and O–H groups in total. The Balaban J connectivity index is 3.38. The van der Waals surface area contributed by atoms with Gasteiger partial charge in [-0.1, -0.05) is 314 Å². The first-order valence-electron chi connectivity index (χ1n) is 34.1. The molecule has 0 aliphatic carbocycles. The standard InChI is InChI=1S/C69H133NO5/c1-3-5-7-9-11-13-15-17-19-30-34-37-41-45-49-53-57-61-67(72)66(65-71)70-68(73)62-58-54-50-46-42-38-35-31-28-26-24-22-20-21-23-25-27-29-32-36-40-44-48-52-56-60-64-75-69(74)63-59-55-51-47-43-39-33-18-16-14-12-10-8-6-4-2/h18,20,22,33,66-67,71-72H,3-17,19,21,23-32,34-65H2,1-2H3,(H,70,73)/b22-20-,33-18-. The normalized spacial score (nSPS) is 12.6. The Morgan fingerprint density at radius 1 is 0.360 bits per heavy atom. The number of unbranched alkanes of at least 4 members (excludes halogenated alkanes) is 49. The summed E-state index contributed by atoms with van der Waals surface area (Å²) in [5, 5.41) is 23.4. The molecule has 75 heavy (non-hydrogen) atoms. The molecule has 0 aromatic carbocycles. The van der Waals surface area contributed by atoms with E-state index >= 15 is 0 Å². The second kappa shape index (κ2) is 64.9. The van der Waals surface area contributed by atoms with Crippen LogP contribution in [0.5, 0.6) is 0 Å². The highest BCUT2D eigenvalue weighted by Gasteiger charge is 2.20. The first-order valence-corrected chi connectivity index (χ1v) is 34.1. The van der Waals surface area contributed by atoms with E-state index in [2.05, 4.69) is 43.5 Å². The molecule has 2 unspecified atom stereocenters. The lowest BCUT2D eigenvalue weighted by Crippen LogP contribution is -2.45. The third-order valence-electron chi connectivity index (χ3n) is 16.0. The summed E-state index contributed by atoms with van der Waals surface area (Å²) in [7, 11) is 0. The Morgan fingerprint density at radius 2 is 0.627 bits per heavy atom. The highest BCUT2D eigenvalue weighted by Crippen LogP contribution is 2.18. The minimum absolute atomic E-state index is 0.00703. The van der Waals surface area contributed by atoms with Gasteiger partial charge in [0.25, 0.3) is 0 Å². The first kappa shape index (κ1) is 73.3. The number of ether oxygens (including phenoxy) is 1. The maximum absolute atomic E-state index is 12.5. The van der Waals surface area contributed by atoms with Gasteiger partial charge in [0.15, 0.2) is 0 Å². The van der Waals surface area contributed by atoms with Gasteiger partial charge in [-0.05, 0) is 77.0 Å². The smallest absolute Gasteiger partial charge is 0.305 e. The molecule has 0 spiro atoms. The van der Waals surface area contributed by atoms with Crippen molar-refractivity contribution in [2.24, 2.45) is 0 Å². The lowest BCUT2D eigenvalue weighted by Gasteiger charge is -2.22. The predicted octanol–water partition coefficient (Wildman–Crippen LogP) is 21.8. The van der Waals surface area contributed by atoms with Crippen LogP contribution < -0.4 is 5.32 Å². The SMILES string of the molecule is CCCCCCCC/C=C\CCCCCCCC(=O)OCCCCCCCCCCCCCC/C=C\CCCCCCCCCCCCC(=O)NC(CO)C(O)CCCCCCCCCCCCCCCCCCC. The molecule has 0 radical (unpaired) electrons. The Kier molecular flexibility index (Phi) is 63.4. The molecule has 2 atom stereocenters. The molecular weight excluding hydrogens is 923 g/mol. The third-order valence-corrected chi connectivity index (χ3v) is 16.0. The zero-order valence-electron chi connectivity index (χ0n) is 50.8. The molecule has 0 aromatic rings. The van der Waals surface area contributed by atoms with E-state index in [4.69, 9.17) is 4.74 Å². The monoisotopic (exact) mass is 1060 g/mol. The Labute approximate surface area is 469 Å². The second-order valence-electron chi connectivity index (χ2n) is 23.5. The van der Waals surface area contributed by atoms with Gasteiger partial charge in [0.1, 0.15) is 0 Å². The number of carbonyl (C=O) groups is 2. The topological polar surface area (TPSA) is 95.9 Å². The molecule has 6 nitrogen and oxygen atoms in total. The van der Waals surface area contributed by atoms with Crippen molar-refractivity contribution >= 4 is 11.9 Å². The summed E-state index contributed by atoms with van der Waals surface area (Å²) in [5.41, 5.74) is 0. The van der Waals surface area contributed by atoms with Crippen LogP contribution in [0.25, 0.3) is 0 Å². The summed E-state index contributed by atoms with van der Waals surface area (Å²) in [4.78, 5) is 24.6. The van der Waals surface area contributed by atoms with Crippen LogP contribution in [0.4, 0.5) is 0 Å². The number of carbonyl (C=O) groups excluding carboxylic acids is 2. The van der Waals surface area contributed by atoms with Crippen LogP contribution in [0.2, 0.25) is 0 Å². The van der Waals surface area contributed by atoms with Gasteiger partial charge in [-0.3, -0.25) is 9.59 Å². The van der Waals surface area contributed by atoms with Crippen molar-refractivity contribution in [3.63, 3.8) is 0 Å². The minimum Gasteiger partial charge on any atom is -0.466 e. The zero-order valence-corrected chi connectivity index (χ0v) is 50.8. The molecule has 0 saturated heterocycles. The molecule has 0 bridgehead atoms. The summed E-state index contributed by atoms with van der Waals surface area (Å²) in [6, 6.07) is -0.543. The molecule has 6 heteroatoms. The number of nitrogens with one attached hydrogen (secondary N) is 1. The second-order valence-corrected chi connectivity index (χ2v) is 23.5. The number of hydrogen-bond donors (Lipinski definition) is 3. The molecule has 1 amide bonds. The van der Waals surface area contributed by atoms with Crippen LogP contribution in [-0.2, 0) is 14.3 Å². The Bertz CT molecular complexity index is 1170. The average molecular weight is 1060 g/mol. The van der Waals surface area contributed by atoms with Crippen molar-refractivity contribution in [3.05, 3.63) is 24.3 Å². The van der Waals surface area contributed by atoms with E-state index in [1.807, 2.05) is 0 Å². The fraction of sp³-hybridized carbons (Fsp3) is 0.913. The number of esters is 1. The van der Waals surface area contributed by atoms with E-state index in [0.717, 1.165) is 44.9 Å². The average Bonchev–Trinajstić information content (AvgIpc) is 3.41. The predicted molar refractivity (Wildman–Crippen MR) is 329 cm³/mol. The largest absolute Gasteiger partial charge is 0.466 e. The van der Waals surface area contributed by atoms with Crippen molar-refractivity contribution in [2.75, 3.05) is 13.2 Å². The van der Waals surface area contributed by atoms with Crippen LogP contribution in [0.15, 0.2) is 24.3 Å². The molecule has 0 saturated carbocycles. The van der Waals surface area contributed by atoms with Gasteiger partial charge in [-0.2, -0.15) is 0 Å². The van der Waals surface area contributed by atoms with Gasteiger partial charge in [-0.15, -0.1) is 0 Å². The van der Waals surface area contributed by atoms with Crippen molar-refractivity contribution in [1.82, 2.24) is 5.32 Å². The van der Waals surface area contributed by atoms with E-state index < -0.39 is 12.1 Å². The van der Waals surface area contributed by atoms with Crippen molar-refractivity contribution in [1.29, 1.82) is 0 Å². The minimum atomic E-state index is -0.666. The number of amides is 1. The number of hydrogen-bond acceptors (Lipinski definition) is 5. The van der Waals surface area contributed by atoms with Gasteiger partial charge in [0, 0.05) is 12.8 Å². The zero-order chi connectivity index (χ0) is 54.3. The number of aliphatic hydroxyl groups excluding tert-OH is 2. The van der Waals surface area contributed by atoms with Gasteiger partial charge < -0.3 is 20.3 Å². The van der Waals surface area contributed by atoms with E-state index in [0.29, 0.717) is 25.9 Å². The molecular formula is C69H133NO5. The van der Waals surface area contributed by atoms with E-state index in [-0.39, 0.29) is 18.5 Å². The van der Waals surface area contributed by atoms with E-state index in [1.165, 1.54) is 302 Å². The van der Waals surface area contributed by atoms with Gasteiger partial charge in [-0.25, -0.2) is 0 Å². The van der Waals surface area contributed by atoms with Crippen molar-refractivity contribution in [2.45, 2.75) is 392 Å². The van der Waals surface area contributed by atoms with Crippen molar-refractivity contribution in [3.8, 4) is 0 Å². The van der Waals surface area contributed by atoms with Gasteiger partial charge in [0.05, 0.1) is 25.4 Å². The number of rotatable bonds is 64. The maximum Gasteiger partial charge on any atom is 0.305 e. The molecule has 0 fully saturated rings. The molecule has 0 heterocycles. The van der Waals surface area contributed by atoms with Crippen LogP contribution in [-0.4, -0.2) is 47.4 Å². The van der Waals surface area contributed by atoms with Gasteiger partial charge in [0.2, 0.25) is 5.91 Å². The highest BCUT2D eigenvalue weighted by molar-refractivity contribution is 5.76. The molecule has 0 aliphatic heterocycles. The summed E-state index contributed by atoms with van der Waals surface area (Å²) in [6.45, 7) is 4.97. The first-order chi connectivity index (χ1) is 37.0. The van der Waals surface area contributed by atoms with Crippen LogP contribution in [0, 0.1) is 0 Å².